The fraction of sp³-hybridized carbons (Fsp3) is 0.500. The molecule has 0 unspecified atom stereocenters. The number of rotatable bonds is 5. The molecule has 2 rings (SSSR count). The molecule has 1 aliphatic rings. The summed E-state index contributed by atoms with van der Waals surface area (Å²) in [7, 11) is 0. The Hall–Kier alpha value is -1.88. The topological polar surface area (TPSA) is 78.5 Å². The molecule has 0 saturated carbocycles. The molecule has 0 spiro atoms. The molecule has 21 heavy (non-hydrogen) atoms. The summed E-state index contributed by atoms with van der Waals surface area (Å²) < 4.78 is 5.37. The highest BCUT2D eigenvalue weighted by atomic mass is 16.5. The predicted molar refractivity (Wildman–Crippen MR) is 76.6 cm³/mol. The normalized spacial score (nSPS) is 19.2. The van der Waals surface area contributed by atoms with Crippen LogP contribution in [0.1, 0.15) is 30.4 Å². The molecule has 1 fully saturated rings. The van der Waals surface area contributed by atoms with Crippen LogP contribution in [0.25, 0.3) is 0 Å². The van der Waals surface area contributed by atoms with Crippen molar-refractivity contribution in [3.8, 4) is 0 Å². The Morgan fingerprint density at radius 2 is 2.19 bits per heavy atom. The number of benzene rings is 1. The van der Waals surface area contributed by atoms with Gasteiger partial charge < -0.3 is 20.0 Å². The molecule has 1 aromatic carbocycles. The lowest BCUT2D eigenvalue weighted by atomic mass is 9.96. The van der Waals surface area contributed by atoms with Gasteiger partial charge in [0, 0.05) is 30.6 Å². The maximum absolute atomic E-state index is 12.1. The number of aliphatic carboxylic acids is 1. The van der Waals surface area contributed by atoms with E-state index in [1.807, 2.05) is 32.0 Å². The Morgan fingerprint density at radius 3 is 2.81 bits per heavy atom. The molecule has 1 aliphatic heterocycles. The number of aryl methyl sites for hydroxylation is 2. The summed E-state index contributed by atoms with van der Waals surface area (Å²) in [4.78, 5) is 23.3. The number of carboxylic acids is 1. The van der Waals surface area contributed by atoms with Crippen LogP contribution in [-0.2, 0) is 14.3 Å². The van der Waals surface area contributed by atoms with Crippen LogP contribution in [0.2, 0.25) is 0 Å². The molecule has 5 heteroatoms. The summed E-state index contributed by atoms with van der Waals surface area (Å²) in [5, 5.41) is 14.0. The Morgan fingerprint density at radius 1 is 1.43 bits per heavy atom. The first kappa shape index (κ1) is 15.5. The van der Waals surface area contributed by atoms with Gasteiger partial charge in [0.15, 0.2) is 0 Å². The smallest absolute Gasteiger partial charge is 0.225 e. The first-order valence-electron chi connectivity index (χ1n) is 7.17. The van der Waals surface area contributed by atoms with E-state index in [2.05, 4.69) is 5.32 Å². The molecule has 0 aliphatic carbocycles. The van der Waals surface area contributed by atoms with E-state index >= 15 is 0 Å². The van der Waals surface area contributed by atoms with Gasteiger partial charge in [-0.15, -0.1) is 0 Å². The average molecular weight is 290 g/mol. The number of nitrogens with one attached hydrogen (secondary N) is 1. The number of carbonyl (C=O) groups is 2. The number of anilines is 1. The molecule has 2 atom stereocenters. The van der Waals surface area contributed by atoms with Crippen LogP contribution < -0.4 is 10.4 Å². The lowest BCUT2D eigenvalue weighted by molar-refractivity contribution is -0.314. The van der Waals surface area contributed by atoms with Crippen molar-refractivity contribution in [2.75, 3.05) is 11.9 Å². The standard InChI is InChI=1S/C16H21NO4/c1-10-5-6-11(2)13(8-10)17-15(18)9-12(16(19)20)14-4-3-7-21-14/h5-6,8,12,14H,3-4,7,9H2,1-2H3,(H,17,18)(H,19,20)/p-1/t12-,14+/m0/s1. The monoisotopic (exact) mass is 290 g/mol. The van der Waals surface area contributed by atoms with Gasteiger partial charge in [0.2, 0.25) is 5.91 Å². The molecule has 0 aromatic heterocycles. The van der Waals surface area contributed by atoms with Gasteiger partial charge in [-0.1, -0.05) is 12.1 Å². The zero-order valence-corrected chi connectivity index (χ0v) is 12.3. The minimum atomic E-state index is -1.22. The van der Waals surface area contributed by atoms with Gasteiger partial charge in [0.05, 0.1) is 6.10 Å². The van der Waals surface area contributed by atoms with Gasteiger partial charge in [-0.2, -0.15) is 0 Å². The molecule has 1 aromatic rings. The zero-order valence-electron chi connectivity index (χ0n) is 12.3. The molecule has 1 saturated heterocycles. The van der Waals surface area contributed by atoms with E-state index in [1.165, 1.54) is 0 Å². The summed E-state index contributed by atoms with van der Waals surface area (Å²) in [6.07, 6.45) is 0.947. The lowest BCUT2D eigenvalue weighted by Crippen LogP contribution is -2.40. The zero-order chi connectivity index (χ0) is 15.4. The fourth-order valence-electron chi connectivity index (χ4n) is 2.56. The van der Waals surface area contributed by atoms with Crippen LogP contribution in [0.5, 0.6) is 0 Å². The van der Waals surface area contributed by atoms with Crippen molar-refractivity contribution in [1.29, 1.82) is 0 Å². The second-order valence-electron chi connectivity index (χ2n) is 5.55. The molecule has 1 heterocycles. The van der Waals surface area contributed by atoms with Crippen molar-refractivity contribution in [2.45, 2.75) is 39.2 Å². The minimum Gasteiger partial charge on any atom is -0.550 e. The number of hydrogen-bond donors (Lipinski definition) is 1. The molecular weight excluding hydrogens is 270 g/mol. The maximum atomic E-state index is 12.1. The highest BCUT2D eigenvalue weighted by molar-refractivity contribution is 5.93. The van der Waals surface area contributed by atoms with E-state index in [0.29, 0.717) is 18.7 Å². The Kier molecular flexibility index (Phi) is 4.96. The van der Waals surface area contributed by atoms with E-state index < -0.39 is 18.0 Å². The summed E-state index contributed by atoms with van der Waals surface area (Å²) in [6, 6.07) is 5.75. The van der Waals surface area contributed by atoms with Crippen molar-refractivity contribution in [1.82, 2.24) is 0 Å². The minimum absolute atomic E-state index is 0.125. The third-order valence-corrected chi connectivity index (χ3v) is 3.79. The lowest BCUT2D eigenvalue weighted by Gasteiger charge is -2.23. The van der Waals surface area contributed by atoms with Crippen LogP contribution >= 0.6 is 0 Å². The van der Waals surface area contributed by atoms with E-state index in [1.54, 1.807) is 0 Å². The Bertz CT molecular complexity index is 535. The van der Waals surface area contributed by atoms with Crippen molar-refractivity contribution in [2.24, 2.45) is 5.92 Å². The van der Waals surface area contributed by atoms with Gasteiger partial charge in [-0.3, -0.25) is 4.79 Å². The number of carbonyl (C=O) groups excluding carboxylic acids is 2. The number of carboxylic acid groups (broad SMARTS) is 1. The largest absolute Gasteiger partial charge is 0.550 e. The molecule has 0 bridgehead atoms. The molecule has 0 radical (unpaired) electrons. The quantitative estimate of drug-likeness (QED) is 0.883. The van der Waals surface area contributed by atoms with Crippen LogP contribution in [0.3, 0.4) is 0 Å². The van der Waals surface area contributed by atoms with Crippen molar-refractivity contribution >= 4 is 17.6 Å². The summed E-state index contributed by atoms with van der Waals surface area (Å²) in [6.45, 7) is 4.38. The second-order valence-corrected chi connectivity index (χ2v) is 5.55. The van der Waals surface area contributed by atoms with Crippen LogP contribution in [0.4, 0.5) is 5.69 Å². The summed E-state index contributed by atoms with van der Waals surface area (Å²) in [5.74, 6) is -2.44. The van der Waals surface area contributed by atoms with Crippen LogP contribution in [0, 0.1) is 19.8 Å². The Balaban J connectivity index is 2.02. The first-order valence-corrected chi connectivity index (χ1v) is 7.17. The van der Waals surface area contributed by atoms with Crippen molar-refractivity contribution < 1.29 is 19.4 Å². The van der Waals surface area contributed by atoms with E-state index in [0.717, 1.165) is 17.5 Å². The first-order chi connectivity index (χ1) is 9.97. The van der Waals surface area contributed by atoms with Crippen LogP contribution in [0.15, 0.2) is 18.2 Å². The van der Waals surface area contributed by atoms with E-state index in [-0.39, 0.29) is 12.3 Å². The van der Waals surface area contributed by atoms with Crippen molar-refractivity contribution in [3.05, 3.63) is 29.3 Å². The van der Waals surface area contributed by atoms with E-state index in [9.17, 15) is 14.7 Å². The highest BCUT2D eigenvalue weighted by Gasteiger charge is 2.29. The number of hydrogen-bond acceptors (Lipinski definition) is 4. The maximum Gasteiger partial charge on any atom is 0.225 e. The highest BCUT2D eigenvalue weighted by Crippen LogP contribution is 2.24. The Labute approximate surface area is 124 Å². The predicted octanol–water partition coefficient (Wildman–Crippen LogP) is 1.18. The van der Waals surface area contributed by atoms with Gasteiger partial charge in [0.25, 0.3) is 0 Å². The fourth-order valence-corrected chi connectivity index (χ4v) is 2.56. The SMILES string of the molecule is Cc1ccc(C)c(NC(=O)C[C@H](C(=O)[O-])[C@H]2CCCO2)c1. The summed E-state index contributed by atoms with van der Waals surface area (Å²) >= 11 is 0. The second kappa shape index (κ2) is 6.72. The summed E-state index contributed by atoms with van der Waals surface area (Å²) in [5.41, 5.74) is 2.69. The third kappa shape index (κ3) is 4.04. The van der Waals surface area contributed by atoms with Crippen molar-refractivity contribution in [3.63, 3.8) is 0 Å². The van der Waals surface area contributed by atoms with Gasteiger partial charge in [0.1, 0.15) is 0 Å². The molecule has 1 N–H and O–H groups in total. The number of ether oxygens (including phenoxy) is 1. The third-order valence-electron chi connectivity index (χ3n) is 3.79. The number of amides is 1. The van der Waals surface area contributed by atoms with Gasteiger partial charge in [-0.25, -0.2) is 0 Å². The molecule has 1 amide bonds. The molecular formula is C16H20NO4-. The van der Waals surface area contributed by atoms with Gasteiger partial charge >= 0.3 is 0 Å². The molecule has 114 valence electrons. The average Bonchev–Trinajstić information content (AvgIpc) is 2.93. The van der Waals surface area contributed by atoms with Crippen LogP contribution in [-0.4, -0.2) is 24.6 Å². The molecule has 5 nitrogen and oxygen atoms in total. The van der Waals surface area contributed by atoms with E-state index in [4.69, 9.17) is 4.74 Å². The van der Waals surface area contributed by atoms with Gasteiger partial charge in [-0.05, 0) is 43.9 Å².